The molecule has 4 aromatic rings. The van der Waals surface area contributed by atoms with E-state index in [2.05, 4.69) is 0 Å². The molecular weight excluding hydrogens is 568 g/mol. The number of benzene rings is 3. The average Bonchev–Trinajstić information content (AvgIpc) is 3.63. The van der Waals surface area contributed by atoms with Gasteiger partial charge in [-0.3, -0.25) is 9.36 Å². The number of carbonyl (C=O) groups is 1. The van der Waals surface area contributed by atoms with Crippen molar-refractivity contribution in [1.82, 2.24) is 4.57 Å². The van der Waals surface area contributed by atoms with Crippen LogP contribution in [-0.2, 0) is 9.53 Å². The molecule has 6 rings (SSSR count). The minimum absolute atomic E-state index is 0.156. The lowest BCUT2D eigenvalue weighted by Gasteiger charge is -2.27. The van der Waals surface area contributed by atoms with Crippen LogP contribution in [0.25, 0.3) is 11.8 Å². The Morgan fingerprint density at radius 2 is 1.88 bits per heavy atom. The molecule has 0 N–H and O–H groups in total. The van der Waals surface area contributed by atoms with Crippen molar-refractivity contribution in [1.29, 1.82) is 0 Å². The zero-order chi connectivity index (χ0) is 29.9. The van der Waals surface area contributed by atoms with Gasteiger partial charge >= 0.3 is 5.97 Å². The van der Waals surface area contributed by atoms with Gasteiger partial charge in [-0.1, -0.05) is 66.8 Å². The van der Waals surface area contributed by atoms with Crippen LogP contribution in [0.1, 0.15) is 43.0 Å². The molecule has 10 heteroatoms. The highest BCUT2D eigenvalue weighted by atomic mass is 32.1. The second-order valence-corrected chi connectivity index (χ2v) is 10.8. The summed E-state index contributed by atoms with van der Waals surface area (Å²) in [7, 11) is 1.56. The van der Waals surface area contributed by atoms with Crippen molar-refractivity contribution in [2.24, 2.45) is 4.99 Å². The number of nitrogens with zero attached hydrogens (tertiary/aromatic N) is 2. The zero-order valence-corrected chi connectivity index (χ0v) is 24.8. The van der Waals surface area contributed by atoms with Gasteiger partial charge in [0.1, 0.15) is 6.04 Å². The van der Waals surface area contributed by atoms with Gasteiger partial charge in [0.05, 0.1) is 36.1 Å². The third-order valence-corrected chi connectivity index (χ3v) is 8.03. The van der Waals surface area contributed by atoms with E-state index >= 15 is 0 Å². The molecule has 0 spiro atoms. The number of hydrogen-bond donors (Lipinski definition) is 0. The lowest BCUT2D eigenvalue weighted by molar-refractivity contribution is -0.138. The van der Waals surface area contributed by atoms with Crippen molar-refractivity contribution >= 4 is 29.1 Å². The maximum Gasteiger partial charge on any atom is 0.338 e. The van der Waals surface area contributed by atoms with Crippen molar-refractivity contribution in [2.75, 3.05) is 27.1 Å². The van der Waals surface area contributed by atoms with Crippen LogP contribution in [0, 0.1) is 0 Å². The summed E-state index contributed by atoms with van der Waals surface area (Å²) in [5.74, 6) is 1.66. The first kappa shape index (κ1) is 28.3. The molecule has 9 nitrogen and oxygen atoms in total. The third-order valence-electron chi connectivity index (χ3n) is 7.04. The maximum atomic E-state index is 14.3. The normalized spacial score (nSPS) is 15.6. The SMILES string of the molecule is CCCOc1c(OC)cccc1C1C(C(=O)OCC)=C(c2ccccc2)N=c2s/c(=C/c3ccc4c(c3)OCO4)c(=O)n21. The number of ether oxygens (including phenoxy) is 5. The number of carbonyl (C=O) groups excluding carboxylic acids is 1. The van der Waals surface area contributed by atoms with Crippen LogP contribution in [0.15, 0.2) is 82.1 Å². The van der Waals surface area contributed by atoms with Crippen molar-refractivity contribution in [2.45, 2.75) is 26.3 Å². The molecule has 2 aliphatic heterocycles. The summed E-state index contributed by atoms with van der Waals surface area (Å²) in [4.78, 5) is 33.4. The first-order chi connectivity index (χ1) is 21.0. The molecule has 0 saturated heterocycles. The highest BCUT2D eigenvalue weighted by molar-refractivity contribution is 7.07. The predicted octanol–water partition coefficient (Wildman–Crippen LogP) is 4.46. The van der Waals surface area contributed by atoms with Crippen molar-refractivity contribution in [3.05, 3.63) is 109 Å². The predicted molar refractivity (Wildman–Crippen MR) is 162 cm³/mol. The Bertz CT molecular complexity index is 1890. The van der Waals surface area contributed by atoms with E-state index in [1.165, 1.54) is 11.3 Å². The van der Waals surface area contributed by atoms with Crippen LogP contribution < -0.4 is 33.8 Å². The van der Waals surface area contributed by atoms with E-state index in [9.17, 15) is 9.59 Å². The molecule has 1 atom stereocenters. The fourth-order valence-electron chi connectivity index (χ4n) is 5.16. The van der Waals surface area contributed by atoms with Crippen LogP contribution in [0.5, 0.6) is 23.0 Å². The first-order valence-corrected chi connectivity index (χ1v) is 14.8. The number of fused-ring (bicyclic) bond motifs is 2. The van der Waals surface area contributed by atoms with Crippen molar-refractivity contribution in [3.8, 4) is 23.0 Å². The molecule has 43 heavy (non-hydrogen) atoms. The molecule has 0 amide bonds. The van der Waals surface area contributed by atoms with Gasteiger partial charge in [0.2, 0.25) is 6.79 Å². The Balaban J connectivity index is 1.65. The fraction of sp³-hybridized carbons (Fsp3) is 0.242. The van der Waals surface area contributed by atoms with Crippen LogP contribution in [0.4, 0.5) is 0 Å². The number of aromatic nitrogens is 1. The summed E-state index contributed by atoms with van der Waals surface area (Å²) >= 11 is 1.25. The van der Waals surface area contributed by atoms with Gasteiger partial charge < -0.3 is 23.7 Å². The molecule has 1 unspecified atom stereocenters. The first-order valence-electron chi connectivity index (χ1n) is 14.0. The molecule has 220 valence electrons. The van der Waals surface area contributed by atoms with E-state index in [1.54, 1.807) is 30.7 Å². The third kappa shape index (κ3) is 5.30. The highest BCUT2D eigenvalue weighted by Crippen LogP contribution is 2.42. The van der Waals surface area contributed by atoms with E-state index in [-0.39, 0.29) is 24.5 Å². The quantitative estimate of drug-likeness (QED) is 0.263. The minimum Gasteiger partial charge on any atom is -0.493 e. The monoisotopic (exact) mass is 598 g/mol. The summed E-state index contributed by atoms with van der Waals surface area (Å²) in [6.45, 7) is 4.48. The molecule has 3 aromatic carbocycles. The second-order valence-electron chi connectivity index (χ2n) is 9.77. The molecule has 0 saturated carbocycles. The van der Waals surface area contributed by atoms with E-state index in [0.29, 0.717) is 50.2 Å². The van der Waals surface area contributed by atoms with Gasteiger partial charge in [0, 0.05) is 11.1 Å². The van der Waals surface area contributed by atoms with Crippen LogP contribution >= 0.6 is 11.3 Å². The number of thiazole rings is 1. The van der Waals surface area contributed by atoms with E-state index in [0.717, 1.165) is 17.5 Å². The summed E-state index contributed by atoms with van der Waals surface area (Å²) in [6.07, 6.45) is 2.55. The summed E-state index contributed by atoms with van der Waals surface area (Å²) in [6, 6.07) is 19.5. The molecule has 0 radical (unpaired) electrons. The number of para-hydroxylation sites is 1. The highest BCUT2D eigenvalue weighted by Gasteiger charge is 2.37. The Labute approximate surface area is 251 Å². The van der Waals surface area contributed by atoms with Gasteiger partial charge in [-0.15, -0.1) is 0 Å². The van der Waals surface area contributed by atoms with Gasteiger partial charge in [-0.05, 0) is 43.2 Å². The molecule has 0 bridgehead atoms. The van der Waals surface area contributed by atoms with E-state index in [4.69, 9.17) is 28.7 Å². The molecule has 1 aromatic heterocycles. The number of methoxy groups -OCH3 is 1. The summed E-state index contributed by atoms with van der Waals surface area (Å²) in [5.41, 5.74) is 2.46. The van der Waals surface area contributed by atoms with Gasteiger partial charge in [0.25, 0.3) is 5.56 Å². The molecule has 0 fully saturated rings. The van der Waals surface area contributed by atoms with Crippen LogP contribution in [0.2, 0.25) is 0 Å². The average molecular weight is 599 g/mol. The van der Waals surface area contributed by atoms with Crippen LogP contribution in [0.3, 0.4) is 0 Å². The van der Waals surface area contributed by atoms with E-state index in [1.807, 2.05) is 67.6 Å². The summed E-state index contributed by atoms with van der Waals surface area (Å²) < 4.78 is 30.4. The number of esters is 1. The van der Waals surface area contributed by atoms with E-state index < -0.39 is 12.0 Å². The lowest BCUT2D eigenvalue weighted by atomic mass is 9.92. The number of rotatable bonds is 9. The second kappa shape index (κ2) is 12.2. The summed E-state index contributed by atoms with van der Waals surface area (Å²) in [5, 5.41) is 0. The maximum absolute atomic E-state index is 14.3. The number of hydrogen-bond acceptors (Lipinski definition) is 9. The Morgan fingerprint density at radius 3 is 2.65 bits per heavy atom. The van der Waals surface area contributed by atoms with Crippen LogP contribution in [-0.4, -0.2) is 37.7 Å². The Hall–Kier alpha value is -4.83. The molecule has 0 aliphatic carbocycles. The lowest BCUT2D eigenvalue weighted by Crippen LogP contribution is -2.40. The van der Waals surface area contributed by atoms with Crippen molar-refractivity contribution < 1.29 is 28.5 Å². The topological polar surface area (TPSA) is 97.6 Å². The Morgan fingerprint density at radius 1 is 1.07 bits per heavy atom. The zero-order valence-electron chi connectivity index (χ0n) is 24.0. The minimum atomic E-state index is -0.897. The standard InChI is InChI=1S/C33H30N2O7S/c1-4-16-40-30-22(12-9-13-24(30)38-3)29-27(32(37)39-5-2)28(21-10-7-6-8-11-21)34-33-35(29)31(36)26(43-33)18-20-14-15-23-25(17-20)42-19-41-23/h6-15,17-18,29H,4-5,16,19H2,1-3H3/b26-18+. The molecular formula is C33H30N2O7S. The Kier molecular flexibility index (Phi) is 8.02. The van der Waals surface area contributed by atoms with Gasteiger partial charge in [-0.25, -0.2) is 9.79 Å². The smallest absolute Gasteiger partial charge is 0.338 e. The largest absolute Gasteiger partial charge is 0.493 e. The van der Waals surface area contributed by atoms with Crippen molar-refractivity contribution in [3.63, 3.8) is 0 Å². The molecule has 2 aliphatic rings. The van der Waals surface area contributed by atoms with Gasteiger partial charge in [0.15, 0.2) is 27.8 Å². The van der Waals surface area contributed by atoms with Gasteiger partial charge in [-0.2, -0.15) is 0 Å². The molecule has 3 heterocycles. The fourth-order valence-corrected chi connectivity index (χ4v) is 6.16.